The quantitative estimate of drug-likeness (QED) is 0.655. The minimum Gasteiger partial charge on any atom is -0.494 e. The summed E-state index contributed by atoms with van der Waals surface area (Å²) in [5, 5.41) is 8.80. The Bertz CT molecular complexity index is 557. The Kier molecular flexibility index (Phi) is 7.88. The highest BCUT2D eigenvalue weighted by molar-refractivity contribution is 5.75. The van der Waals surface area contributed by atoms with Crippen molar-refractivity contribution in [1.29, 1.82) is 0 Å². The van der Waals surface area contributed by atoms with Gasteiger partial charge in [-0.15, -0.1) is 0 Å². The maximum atomic E-state index is 10.9. The molecule has 1 aliphatic heterocycles. The van der Waals surface area contributed by atoms with E-state index >= 15 is 0 Å². The van der Waals surface area contributed by atoms with Crippen molar-refractivity contribution in [3.63, 3.8) is 0 Å². The lowest BCUT2D eigenvalue weighted by atomic mass is 10.1. The Morgan fingerprint density at radius 3 is 2.68 bits per heavy atom. The first-order valence-electron chi connectivity index (χ1n) is 8.82. The van der Waals surface area contributed by atoms with E-state index in [0.29, 0.717) is 32.7 Å². The molecular formula is C19H27NO5. The lowest BCUT2D eigenvalue weighted by Gasteiger charge is -2.32. The SMILES string of the molecule is CC(=O)CCCCOc1ccc([C@@H]2CN(CCC(=O)O)CCO2)cc1. The van der Waals surface area contributed by atoms with Gasteiger partial charge in [0, 0.05) is 26.1 Å². The molecule has 1 N–H and O–H groups in total. The van der Waals surface area contributed by atoms with Crippen LogP contribution in [0.3, 0.4) is 0 Å². The first kappa shape index (κ1) is 19.4. The van der Waals surface area contributed by atoms with Gasteiger partial charge in [-0.25, -0.2) is 0 Å². The molecule has 25 heavy (non-hydrogen) atoms. The Morgan fingerprint density at radius 1 is 1.24 bits per heavy atom. The molecule has 1 aliphatic rings. The molecule has 0 aliphatic carbocycles. The van der Waals surface area contributed by atoms with Crippen molar-refractivity contribution >= 4 is 11.8 Å². The van der Waals surface area contributed by atoms with Crippen LogP contribution in [-0.4, -0.2) is 54.6 Å². The lowest BCUT2D eigenvalue weighted by Crippen LogP contribution is -2.39. The van der Waals surface area contributed by atoms with Crippen LogP contribution in [0.4, 0.5) is 0 Å². The minimum absolute atomic E-state index is 0.0350. The topological polar surface area (TPSA) is 76.1 Å². The number of hydrogen-bond acceptors (Lipinski definition) is 5. The third kappa shape index (κ3) is 7.23. The van der Waals surface area contributed by atoms with Gasteiger partial charge in [-0.2, -0.15) is 0 Å². The second-order valence-electron chi connectivity index (χ2n) is 6.38. The number of ether oxygens (including phenoxy) is 2. The van der Waals surface area contributed by atoms with Crippen LogP contribution in [0.5, 0.6) is 5.75 Å². The van der Waals surface area contributed by atoms with Gasteiger partial charge in [0.05, 0.1) is 25.7 Å². The molecule has 1 aromatic rings. The first-order chi connectivity index (χ1) is 12.0. The van der Waals surface area contributed by atoms with Gasteiger partial charge in [0.15, 0.2) is 0 Å². The fourth-order valence-corrected chi connectivity index (χ4v) is 2.81. The number of morpholine rings is 1. The molecule has 6 heteroatoms. The average Bonchev–Trinajstić information content (AvgIpc) is 2.60. The van der Waals surface area contributed by atoms with E-state index in [1.165, 1.54) is 0 Å². The number of rotatable bonds is 10. The van der Waals surface area contributed by atoms with Crippen LogP contribution in [0.1, 0.15) is 44.3 Å². The van der Waals surface area contributed by atoms with Crippen LogP contribution in [0.25, 0.3) is 0 Å². The molecule has 1 heterocycles. The fraction of sp³-hybridized carbons (Fsp3) is 0.579. The lowest BCUT2D eigenvalue weighted by molar-refractivity contribution is -0.137. The molecular weight excluding hydrogens is 322 g/mol. The number of nitrogens with zero attached hydrogens (tertiary/aromatic N) is 1. The summed E-state index contributed by atoms with van der Waals surface area (Å²) in [5.74, 6) is 0.257. The zero-order chi connectivity index (χ0) is 18.1. The molecule has 138 valence electrons. The van der Waals surface area contributed by atoms with E-state index in [9.17, 15) is 9.59 Å². The summed E-state index contributed by atoms with van der Waals surface area (Å²) in [6.07, 6.45) is 2.45. The molecule has 0 unspecified atom stereocenters. The number of Topliss-reactive ketones (excluding diaryl/α,β-unsaturated/α-hetero) is 1. The predicted octanol–water partition coefficient (Wildman–Crippen LogP) is 2.67. The van der Waals surface area contributed by atoms with Crippen LogP contribution < -0.4 is 4.74 Å². The molecule has 1 fully saturated rings. The largest absolute Gasteiger partial charge is 0.494 e. The van der Waals surface area contributed by atoms with Gasteiger partial charge in [-0.1, -0.05) is 12.1 Å². The van der Waals surface area contributed by atoms with E-state index in [0.717, 1.165) is 30.7 Å². The van der Waals surface area contributed by atoms with Gasteiger partial charge < -0.3 is 19.4 Å². The number of benzene rings is 1. The Hall–Kier alpha value is -1.92. The zero-order valence-electron chi connectivity index (χ0n) is 14.8. The van der Waals surface area contributed by atoms with Crippen molar-refractivity contribution in [1.82, 2.24) is 4.90 Å². The minimum atomic E-state index is -0.771. The Balaban J connectivity index is 1.76. The zero-order valence-corrected chi connectivity index (χ0v) is 14.8. The van der Waals surface area contributed by atoms with Gasteiger partial charge in [0.2, 0.25) is 0 Å². The monoisotopic (exact) mass is 349 g/mol. The normalized spacial score (nSPS) is 18.0. The van der Waals surface area contributed by atoms with Crippen LogP contribution >= 0.6 is 0 Å². The van der Waals surface area contributed by atoms with Crippen LogP contribution in [-0.2, 0) is 14.3 Å². The van der Waals surface area contributed by atoms with Gasteiger partial charge in [0.25, 0.3) is 0 Å². The van der Waals surface area contributed by atoms with Gasteiger partial charge >= 0.3 is 5.97 Å². The molecule has 1 atom stereocenters. The highest BCUT2D eigenvalue weighted by atomic mass is 16.5. The summed E-state index contributed by atoms with van der Waals surface area (Å²) < 4.78 is 11.5. The Labute approximate surface area is 148 Å². The van der Waals surface area contributed by atoms with Crippen molar-refractivity contribution in [2.24, 2.45) is 0 Å². The van der Waals surface area contributed by atoms with E-state index in [1.807, 2.05) is 24.3 Å². The summed E-state index contributed by atoms with van der Waals surface area (Å²) in [6, 6.07) is 7.85. The van der Waals surface area contributed by atoms with E-state index in [2.05, 4.69) is 4.90 Å². The first-order valence-corrected chi connectivity index (χ1v) is 8.82. The summed E-state index contributed by atoms with van der Waals surface area (Å²) in [6.45, 7) is 4.85. The molecule has 0 amide bonds. The smallest absolute Gasteiger partial charge is 0.304 e. The van der Waals surface area contributed by atoms with Crippen molar-refractivity contribution in [3.05, 3.63) is 29.8 Å². The number of ketones is 1. The Morgan fingerprint density at radius 2 is 2.00 bits per heavy atom. The number of unbranched alkanes of at least 4 members (excludes halogenated alkanes) is 1. The second kappa shape index (κ2) is 10.2. The molecule has 0 radical (unpaired) electrons. The van der Waals surface area contributed by atoms with Gasteiger partial charge in [-0.05, 0) is 37.5 Å². The number of carboxylic acids is 1. The van der Waals surface area contributed by atoms with E-state index in [1.54, 1.807) is 6.92 Å². The number of carbonyl (C=O) groups excluding carboxylic acids is 1. The molecule has 0 aromatic heterocycles. The summed E-state index contributed by atoms with van der Waals surface area (Å²) in [7, 11) is 0. The van der Waals surface area contributed by atoms with Gasteiger partial charge in [-0.3, -0.25) is 9.69 Å². The maximum absolute atomic E-state index is 10.9. The van der Waals surface area contributed by atoms with E-state index in [4.69, 9.17) is 14.6 Å². The average molecular weight is 349 g/mol. The van der Waals surface area contributed by atoms with Crippen molar-refractivity contribution in [3.8, 4) is 5.75 Å². The molecule has 1 aromatic carbocycles. The van der Waals surface area contributed by atoms with Gasteiger partial charge in [0.1, 0.15) is 11.5 Å². The number of aliphatic carboxylic acids is 1. The van der Waals surface area contributed by atoms with Crippen molar-refractivity contribution < 1.29 is 24.2 Å². The second-order valence-corrected chi connectivity index (χ2v) is 6.38. The standard InChI is InChI=1S/C19H27NO5/c1-15(21)4-2-3-12-24-17-7-5-16(6-8-17)18-14-20(11-13-25-18)10-9-19(22)23/h5-8,18H,2-4,9-14H2,1H3,(H,22,23)/t18-/m0/s1. The molecule has 6 nitrogen and oxygen atoms in total. The highest BCUT2D eigenvalue weighted by Crippen LogP contribution is 2.24. The maximum Gasteiger partial charge on any atom is 0.304 e. The number of carboxylic acid groups (broad SMARTS) is 1. The third-order valence-corrected chi connectivity index (χ3v) is 4.24. The third-order valence-electron chi connectivity index (χ3n) is 4.24. The predicted molar refractivity (Wildman–Crippen MR) is 93.9 cm³/mol. The van der Waals surface area contributed by atoms with Crippen molar-refractivity contribution in [2.75, 3.05) is 32.8 Å². The molecule has 0 bridgehead atoms. The molecule has 1 saturated heterocycles. The van der Waals surface area contributed by atoms with Crippen LogP contribution in [0, 0.1) is 0 Å². The summed E-state index contributed by atoms with van der Waals surface area (Å²) >= 11 is 0. The fourth-order valence-electron chi connectivity index (χ4n) is 2.81. The van der Waals surface area contributed by atoms with E-state index < -0.39 is 5.97 Å². The molecule has 0 saturated carbocycles. The highest BCUT2D eigenvalue weighted by Gasteiger charge is 2.22. The van der Waals surface area contributed by atoms with E-state index in [-0.39, 0.29) is 18.3 Å². The van der Waals surface area contributed by atoms with Crippen molar-refractivity contribution in [2.45, 2.75) is 38.7 Å². The molecule has 0 spiro atoms. The number of hydrogen-bond donors (Lipinski definition) is 1. The summed E-state index contributed by atoms with van der Waals surface area (Å²) in [5.41, 5.74) is 1.07. The summed E-state index contributed by atoms with van der Waals surface area (Å²) in [4.78, 5) is 23.7. The number of carbonyl (C=O) groups is 2. The van der Waals surface area contributed by atoms with Crippen LogP contribution in [0.2, 0.25) is 0 Å². The molecule has 2 rings (SSSR count). The van der Waals surface area contributed by atoms with Crippen LogP contribution in [0.15, 0.2) is 24.3 Å².